The molecule has 3 heteroatoms. The zero-order chi connectivity index (χ0) is 8.10. The monoisotopic (exact) mass is 204 g/mol. The van der Waals surface area contributed by atoms with Gasteiger partial charge in [-0.2, -0.15) is 0 Å². The Morgan fingerprint density at radius 1 is 1.45 bits per heavy atom. The Bertz CT molecular complexity index is 225. The van der Waals surface area contributed by atoms with E-state index in [4.69, 9.17) is 11.6 Å². The molecule has 0 amide bonds. The van der Waals surface area contributed by atoms with Crippen molar-refractivity contribution in [1.29, 1.82) is 0 Å². The van der Waals surface area contributed by atoms with Crippen molar-refractivity contribution in [2.45, 2.75) is 5.75 Å². The molecular weight excluding hydrogens is 196 g/mol. The van der Waals surface area contributed by atoms with E-state index >= 15 is 0 Å². The molecule has 0 heterocycles. The van der Waals surface area contributed by atoms with Crippen molar-refractivity contribution in [2.24, 2.45) is 0 Å². The predicted octanol–water partition coefficient (Wildman–Crippen LogP) is 3.85. The van der Waals surface area contributed by atoms with Crippen molar-refractivity contribution < 1.29 is 0 Å². The minimum Gasteiger partial charge on any atom is -0.0973 e. The fraction of sp³-hybridized carbons (Fsp3) is 0.250. The van der Waals surface area contributed by atoms with E-state index in [0.29, 0.717) is 0 Å². The summed E-state index contributed by atoms with van der Waals surface area (Å²) >= 11 is 5.81. The molecule has 0 N–H and O–H groups in total. The largest absolute Gasteiger partial charge is 0.0973 e. The van der Waals surface area contributed by atoms with Gasteiger partial charge in [0.25, 0.3) is 0 Å². The van der Waals surface area contributed by atoms with E-state index in [1.165, 1.54) is 5.56 Å². The summed E-state index contributed by atoms with van der Waals surface area (Å²) in [6, 6.07) is 7.98. The summed E-state index contributed by atoms with van der Waals surface area (Å²) in [4.78, 5) is 0. The lowest BCUT2D eigenvalue weighted by molar-refractivity contribution is 1.43. The van der Waals surface area contributed by atoms with Crippen LogP contribution < -0.4 is 0 Å². The molecule has 60 valence electrons. The third kappa shape index (κ3) is 3.41. The number of benzene rings is 1. The average molecular weight is 205 g/mol. The first-order valence-corrected chi connectivity index (χ1v) is 6.33. The molecule has 0 saturated heterocycles. The van der Waals surface area contributed by atoms with Crippen LogP contribution in [0.5, 0.6) is 0 Å². The van der Waals surface area contributed by atoms with Crippen LogP contribution in [0, 0.1) is 0 Å². The molecule has 0 spiro atoms. The zero-order valence-electron chi connectivity index (χ0n) is 6.21. The number of halogens is 1. The first kappa shape index (κ1) is 9.30. The minimum absolute atomic E-state index is 0.823. The molecular formula is C8H9ClS2. The first-order valence-electron chi connectivity index (χ1n) is 3.23. The van der Waals surface area contributed by atoms with Gasteiger partial charge < -0.3 is 0 Å². The van der Waals surface area contributed by atoms with Gasteiger partial charge in [-0.3, -0.25) is 0 Å². The van der Waals surface area contributed by atoms with Crippen molar-refractivity contribution in [3.63, 3.8) is 0 Å². The van der Waals surface area contributed by atoms with Crippen molar-refractivity contribution in [3.8, 4) is 0 Å². The summed E-state index contributed by atoms with van der Waals surface area (Å²) < 4.78 is 0. The number of hydrogen-bond donors (Lipinski definition) is 0. The molecule has 0 aliphatic rings. The Balaban J connectivity index is 2.56. The number of rotatable bonds is 3. The molecule has 1 aromatic rings. The summed E-state index contributed by atoms with van der Waals surface area (Å²) in [5, 5.41) is 0.823. The quantitative estimate of drug-likeness (QED) is 0.686. The van der Waals surface area contributed by atoms with Gasteiger partial charge >= 0.3 is 0 Å². The second kappa shape index (κ2) is 4.96. The van der Waals surface area contributed by atoms with Crippen LogP contribution in [-0.2, 0) is 5.75 Å². The molecule has 0 aromatic heterocycles. The SMILES string of the molecule is CSSCc1cccc(Cl)c1. The summed E-state index contributed by atoms with van der Waals surface area (Å²) in [5.41, 5.74) is 1.29. The first-order chi connectivity index (χ1) is 5.33. The van der Waals surface area contributed by atoms with Gasteiger partial charge in [0.2, 0.25) is 0 Å². The second-order valence-corrected chi connectivity index (χ2v) is 5.06. The molecule has 0 saturated carbocycles. The van der Waals surface area contributed by atoms with Gasteiger partial charge in [-0.15, -0.1) is 0 Å². The lowest BCUT2D eigenvalue weighted by atomic mass is 10.2. The molecule has 0 bridgehead atoms. The lowest BCUT2D eigenvalue weighted by Gasteiger charge is -1.98. The van der Waals surface area contributed by atoms with Crippen LogP contribution in [0.1, 0.15) is 5.56 Å². The van der Waals surface area contributed by atoms with E-state index < -0.39 is 0 Å². The highest BCUT2D eigenvalue weighted by Gasteiger charge is 1.92. The van der Waals surface area contributed by atoms with E-state index in [1.54, 1.807) is 10.8 Å². The van der Waals surface area contributed by atoms with Gasteiger partial charge in [-0.1, -0.05) is 45.3 Å². The van der Waals surface area contributed by atoms with Crippen molar-refractivity contribution in [3.05, 3.63) is 34.9 Å². The van der Waals surface area contributed by atoms with Crippen LogP contribution >= 0.6 is 33.2 Å². The highest BCUT2D eigenvalue weighted by molar-refractivity contribution is 8.76. The van der Waals surface area contributed by atoms with Crippen molar-refractivity contribution in [2.75, 3.05) is 6.26 Å². The van der Waals surface area contributed by atoms with Gasteiger partial charge in [0.15, 0.2) is 0 Å². The molecule has 0 fully saturated rings. The molecule has 11 heavy (non-hydrogen) atoms. The molecule has 1 aromatic carbocycles. The third-order valence-corrected chi connectivity index (χ3v) is 3.22. The van der Waals surface area contributed by atoms with E-state index in [-0.39, 0.29) is 0 Å². The molecule has 0 unspecified atom stereocenters. The number of hydrogen-bond acceptors (Lipinski definition) is 2. The Labute approximate surface area is 80.1 Å². The smallest absolute Gasteiger partial charge is 0.0409 e. The van der Waals surface area contributed by atoms with Crippen LogP contribution in [0.4, 0.5) is 0 Å². The van der Waals surface area contributed by atoms with Crippen LogP contribution in [0.15, 0.2) is 24.3 Å². The van der Waals surface area contributed by atoms with Gasteiger partial charge in [-0.25, -0.2) is 0 Å². The zero-order valence-corrected chi connectivity index (χ0v) is 8.60. The minimum atomic E-state index is 0.823. The Morgan fingerprint density at radius 3 is 2.91 bits per heavy atom. The highest BCUT2D eigenvalue weighted by Crippen LogP contribution is 2.23. The van der Waals surface area contributed by atoms with Gasteiger partial charge in [-0.05, 0) is 24.0 Å². The van der Waals surface area contributed by atoms with Crippen molar-refractivity contribution in [1.82, 2.24) is 0 Å². The predicted molar refractivity (Wildman–Crippen MR) is 56.3 cm³/mol. The van der Waals surface area contributed by atoms with E-state index in [1.807, 2.05) is 29.0 Å². The van der Waals surface area contributed by atoms with Crippen LogP contribution in [0.2, 0.25) is 5.02 Å². The van der Waals surface area contributed by atoms with Crippen LogP contribution in [0.25, 0.3) is 0 Å². The molecule has 0 aliphatic carbocycles. The average Bonchev–Trinajstić information content (AvgIpc) is 2.01. The van der Waals surface area contributed by atoms with Crippen molar-refractivity contribution >= 4 is 33.2 Å². The second-order valence-electron chi connectivity index (χ2n) is 2.06. The summed E-state index contributed by atoms with van der Waals surface area (Å²) in [7, 11) is 3.60. The highest BCUT2D eigenvalue weighted by atomic mass is 35.5. The molecule has 0 aliphatic heterocycles. The fourth-order valence-electron chi connectivity index (χ4n) is 0.754. The lowest BCUT2D eigenvalue weighted by Crippen LogP contribution is -1.76. The maximum atomic E-state index is 5.81. The molecule has 0 atom stereocenters. The normalized spacial score (nSPS) is 10.0. The third-order valence-electron chi connectivity index (χ3n) is 1.23. The van der Waals surface area contributed by atoms with Gasteiger partial charge in [0.05, 0.1) is 0 Å². The Kier molecular flexibility index (Phi) is 4.20. The van der Waals surface area contributed by atoms with Gasteiger partial charge in [0, 0.05) is 10.8 Å². The Hall–Kier alpha value is 0.210. The maximum absolute atomic E-state index is 5.81. The summed E-state index contributed by atoms with van der Waals surface area (Å²) in [5.74, 6) is 1.03. The topological polar surface area (TPSA) is 0 Å². The van der Waals surface area contributed by atoms with Crippen LogP contribution in [-0.4, -0.2) is 6.26 Å². The maximum Gasteiger partial charge on any atom is 0.0409 e. The van der Waals surface area contributed by atoms with E-state index in [2.05, 4.69) is 12.3 Å². The summed E-state index contributed by atoms with van der Waals surface area (Å²) in [6.45, 7) is 0. The van der Waals surface area contributed by atoms with E-state index in [9.17, 15) is 0 Å². The van der Waals surface area contributed by atoms with Gasteiger partial charge in [0.1, 0.15) is 0 Å². The molecule has 1 rings (SSSR count). The van der Waals surface area contributed by atoms with Crippen LogP contribution in [0.3, 0.4) is 0 Å². The molecule has 0 radical (unpaired) electrons. The Morgan fingerprint density at radius 2 is 2.27 bits per heavy atom. The standard InChI is InChI=1S/C8H9ClS2/c1-10-11-6-7-3-2-4-8(9)5-7/h2-5H,6H2,1H3. The summed E-state index contributed by atoms with van der Waals surface area (Å²) in [6.07, 6.45) is 2.08. The molecule has 0 nitrogen and oxygen atoms in total. The fourth-order valence-corrected chi connectivity index (χ4v) is 2.16. The van der Waals surface area contributed by atoms with E-state index in [0.717, 1.165) is 10.8 Å².